The summed E-state index contributed by atoms with van der Waals surface area (Å²) in [5, 5.41) is 2.57. The van der Waals surface area contributed by atoms with Crippen molar-refractivity contribution in [2.45, 2.75) is 33.1 Å². The molecule has 1 aliphatic rings. The molecule has 3 N–H and O–H groups in total. The van der Waals surface area contributed by atoms with Crippen LogP contribution in [0.2, 0.25) is 0 Å². The lowest BCUT2D eigenvalue weighted by molar-refractivity contribution is -0.129. The third kappa shape index (κ3) is 2.47. The summed E-state index contributed by atoms with van der Waals surface area (Å²) in [4.78, 5) is 22.1. The van der Waals surface area contributed by atoms with Crippen LogP contribution in [0.1, 0.15) is 33.1 Å². The van der Waals surface area contributed by atoms with Crippen LogP contribution in [0.15, 0.2) is 0 Å². The molecule has 1 rings (SSSR count). The maximum absolute atomic E-state index is 11.6. The van der Waals surface area contributed by atoms with Gasteiger partial charge in [0.15, 0.2) is 0 Å². The van der Waals surface area contributed by atoms with Gasteiger partial charge in [0.25, 0.3) is 0 Å². The summed E-state index contributed by atoms with van der Waals surface area (Å²) in [6.45, 7) is 4.13. The minimum atomic E-state index is -0.492. The van der Waals surface area contributed by atoms with E-state index in [-0.39, 0.29) is 23.8 Å². The average molecular weight is 198 g/mol. The van der Waals surface area contributed by atoms with E-state index in [0.717, 1.165) is 19.3 Å². The van der Waals surface area contributed by atoms with Gasteiger partial charge in [-0.1, -0.05) is 20.3 Å². The molecule has 0 saturated heterocycles. The van der Waals surface area contributed by atoms with E-state index in [4.69, 9.17) is 5.73 Å². The second-order valence-electron chi connectivity index (χ2n) is 4.62. The lowest BCUT2D eigenvalue weighted by Crippen LogP contribution is -2.40. The van der Waals surface area contributed by atoms with Crippen LogP contribution < -0.4 is 11.1 Å². The Bertz CT molecular complexity index is 249. The van der Waals surface area contributed by atoms with E-state index >= 15 is 0 Å². The van der Waals surface area contributed by atoms with Crippen LogP contribution in [-0.4, -0.2) is 18.4 Å². The van der Waals surface area contributed by atoms with Gasteiger partial charge in [0.05, 0.1) is 6.54 Å². The lowest BCUT2D eigenvalue weighted by atomic mass is 9.81. The Morgan fingerprint density at radius 2 is 2.14 bits per heavy atom. The maximum atomic E-state index is 11.6. The van der Waals surface area contributed by atoms with E-state index in [2.05, 4.69) is 19.2 Å². The Morgan fingerprint density at radius 3 is 2.57 bits per heavy atom. The first-order valence-electron chi connectivity index (χ1n) is 4.99. The van der Waals surface area contributed by atoms with Gasteiger partial charge < -0.3 is 11.1 Å². The minimum Gasteiger partial charge on any atom is -0.368 e. The molecular weight excluding hydrogens is 180 g/mol. The predicted molar refractivity (Wildman–Crippen MR) is 53.3 cm³/mol. The first-order chi connectivity index (χ1) is 6.43. The van der Waals surface area contributed by atoms with E-state index in [0.29, 0.717) is 0 Å². The molecule has 0 spiro atoms. The van der Waals surface area contributed by atoms with Crippen LogP contribution in [0.4, 0.5) is 0 Å². The Labute approximate surface area is 84.2 Å². The summed E-state index contributed by atoms with van der Waals surface area (Å²) >= 11 is 0. The summed E-state index contributed by atoms with van der Waals surface area (Å²) in [5.41, 5.74) is 5.01. The minimum absolute atomic E-state index is 0.0295. The molecule has 0 radical (unpaired) electrons. The summed E-state index contributed by atoms with van der Waals surface area (Å²) in [5.74, 6) is -0.498. The number of nitrogens with two attached hydrogens (primary N) is 1. The molecular formula is C10H18N2O2. The Balaban J connectivity index is 2.48. The normalized spacial score (nSPS) is 24.6. The fraction of sp³-hybridized carbons (Fsp3) is 0.800. The number of rotatable bonds is 3. The van der Waals surface area contributed by atoms with Crippen molar-refractivity contribution in [3.63, 3.8) is 0 Å². The standard InChI is InChI=1S/C10H18N2O2/c1-10(2)5-3-4-7(10)9(14)12-6-8(11)13/h7H,3-6H2,1-2H3,(H2,11,13)(H,12,14). The highest BCUT2D eigenvalue weighted by Gasteiger charge is 2.39. The zero-order valence-electron chi connectivity index (χ0n) is 8.80. The lowest BCUT2D eigenvalue weighted by Gasteiger charge is -2.25. The molecule has 1 fully saturated rings. The summed E-state index contributed by atoms with van der Waals surface area (Å²) < 4.78 is 0. The van der Waals surface area contributed by atoms with Crippen LogP contribution >= 0.6 is 0 Å². The third-order valence-corrected chi connectivity index (χ3v) is 3.01. The monoisotopic (exact) mass is 198 g/mol. The quantitative estimate of drug-likeness (QED) is 0.689. The largest absolute Gasteiger partial charge is 0.368 e. The molecule has 0 aromatic heterocycles. The van der Waals surface area contributed by atoms with Gasteiger partial charge in [0, 0.05) is 5.92 Å². The van der Waals surface area contributed by atoms with Gasteiger partial charge in [-0.15, -0.1) is 0 Å². The Morgan fingerprint density at radius 1 is 1.50 bits per heavy atom. The van der Waals surface area contributed by atoms with Crippen LogP contribution in [0, 0.1) is 11.3 Å². The molecule has 1 atom stereocenters. The van der Waals surface area contributed by atoms with Gasteiger partial charge in [0.2, 0.25) is 11.8 Å². The number of carbonyl (C=O) groups is 2. The van der Waals surface area contributed by atoms with Crippen molar-refractivity contribution < 1.29 is 9.59 Å². The van der Waals surface area contributed by atoms with Crippen molar-refractivity contribution in [2.24, 2.45) is 17.1 Å². The van der Waals surface area contributed by atoms with Crippen molar-refractivity contribution in [3.05, 3.63) is 0 Å². The topological polar surface area (TPSA) is 72.2 Å². The fourth-order valence-corrected chi connectivity index (χ4v) is 2.11. The van der Waals surface area contributed by atoms with E-state index < -0.39 is 5.91 Å². The number of primary amides is 1. The zero-order chi connectivity index (χ0) is 10.8. The Kier molecular flexibility index (Phi) is 3.13. The average Bonchev–Trinajstić information content (AvgIpc) is 2.41. The molecule has 2 amide bonds. The highest BCUT2D eigenvalue weighted by molar-refractivity contribution is 5.85. The van der Waals surface area contributed by atoms with Crippen molar-refractivity contribution >= 4 is 11.8 Å². The fourth-order valence-electron chi connectivity index (χ4n) is 2.11. The smallest absolute Gasteiger partial charge is 0.236 e. The molecule has 1 unspecified atom stereocenters. The van der Waals surface area contributed by atoms with Crippen molar-refractivity contribution in [3.8, 4) is 0 Å². The molecule has 4 heteroatoms. The van der Waals surface area contributed by atoms with Crippen LogP contribution in [0.3, 0.4) is 0 Å². The number of hydrogen-bond donors (Lipinski definition) is 2. The van der Waals surface area contributed by atoms with Crippen molar-refractivity contribution in [1.82, 2.24) is 5.32 Å². The number of nitrogens with one attached hydrogen (secondary N) is 1. The van der Waals surface area contributed by atoms with E-state index in [1.54, 1.807) is 0 Å². The molecule has 0 aromatic rings. The number of carbonyl (C=O) groups excluding carboxylic acids is 2. The second kappa shape index (κ2) is 3.98. The van der Waals surface area contributed by atoms with E-state index in [9.17, 15) is 9.59 Å². The maximum Gasteiger partial charge on any atom is 0.236 e. The van der Waals surface area contributed by atoms with E-state index in [1.807, 2.05) is 0 Å². The third-order valence-electron chi connectivity index (χ3n) is 3.01. The van der Waals surface area contributed by atoms with Gasteiger partial charge in [0.1, 0.15) is 0 Å². The molecule has 1 aliphatic carbocycles. The molecule has 1 saturated carbocycles. The van der Waals surface area contributed by atoms with Gasteiger partial charge >= 0.3 is 0 Å². The molecule has 80 valence electrons. The summed E-state index contributed by atoms with van der Waals surface area (Å²) in [6.07, 6.45) is 3.07. The molecule has 0 aliphatic heterocycles. The molecule has 0 bridgehead atoms. The highest BCUT2D eigenvalue weighted by atomic mass is 16.2. The molecule has 14 heavy (non-hydrogen) atoms. The molecule has 0 heterocycles. The summed E-state index contributed by atoms with van der Waals surface area (Å²) in [6, 6.07) is 0. The van der Waals surface area contributed by atoms with Gasteiger partial charge in [-0.25, -0.2) is 0 Å². The second-order valence-corrected chi connectivity index (χ2v) is 4.62. The van der Waals surface area contributed by atoms with E-state index in [1.165, 1.54) is 0 Å². The van der Waals surface area contributed by atoms with Gasteiger partial charge in [-0.3, -0.25) is 9.59 Å². The molecule has 4 nitrogen and oxygen atoms in total. The van der Waals surface area contributed by atoms with Crippen LogP contribution in [-0.2, 0) is 9.59 Å². The van der Waals surface area contributed by atoms with Gasteiger partial charge in [-0.2, -0.15) is 0 Å². The summed E-state index contributed by atoms with van der Waals surface area (Å²) in [7, 11) is 0. The number of hydrogen-bond acceptors (Lipinski definition) is 2. The van der Waals surface area contributed by atoms with Gasteiger partial charge in [-0.05, 0) is 18.3 Å². The first-order valence-corrected chi connectivity index (χ1v) is 4.99. The van der Waals surface area contributed by atoms with Crippen molar-refractivity contribution in [1.29, 1.82) is 0 Å². The highest BCUT2D eigenvalue weighted by Crippen LogP contribution is 2.42. The predicted octanol–water partition coefficient (Wildman–Crippen LogP) is 0.414. The van der Waals surface area contributed by atoms with Crippen LogP contribution in [0.5, 0.6) is 0 Å². The number of amides is 2. The molecule has 0 aromatic carbocycles. The Hall–Kier alpha value is -1.06. The van der Waals surface area contributed by atoms with Crippen molar-refractivity contribution in [2.75, 3.05) is 6.54 Å². The van der Waals surface area contributed by atoms with Crippen LogP contribution in [0.25, 0.3) is 0 Å². The zero-order valence-corrected chi connectivity index (χ0v) is 8.80. The first kappa shape index (κ1) is 11.0. The SMILES string of the molecule is CC1(C)CCCC1C(=O)NCC(N)=O.